The Morgan fingerprint density at radius 2 is 1.65 bits per heavy atom. The van der Waals surface area contributed by atoms with Gasteiger partial charge in [-0.2, -0.15) is 4.98 Å². The molecule has 9 heteroatoms. The third-order valence-electron chi connectivity index (χ3n) is 5.84. The fourth-order valence-electron chi connectivity index (χ4n) is 3.84. The van der Waals surface area contributed by atoms with Gasteiger partial charge in [0.2, 0.25) is 5.95 Å². The minimum absolute atomic E-state index is 0.521. The number of hydrogen-bond donors (Lipinski definition) is 2. The number of anilines is 3. The molecule has 2 aromatic heterocycles. The summed E-state index contributed by atoms with van der Waals surface area (Å²) in [5.74, 6) is 5.21. The Bertz CT molecular complexity index is 1460. The number of benzene rings is 2. The smallest absolute Gasteiger partial charge is 0.408 e. The minimum Gasteiger partial charge on any atom is -0.444 e. The molecule has 0 saturated carbocycles. The van der Waals surface area contributed by atoms with Crippen molar-refractivity contribution in [3.63, 3.8) is 0 Å². The Hall–Kier alpha value is -4.97. The van der Waals surface area contributed by atoms with Crippen LogP contribution in [0.25, 0.3) is 11.4 Å². The lowest BCUT2D eigenvalue weighted by Gasteiger charge is -2.21. The van der Waals surface area contributed by atoms with Gasteiger partial charge in [-0.3, -0.25) is 0 Å². The first-order valence-corrected chi connectivity index (χ1v) is 13.0. The maximum absolute atomic E-state index is 12.1. The summed E-state index contributed by atoms with van der Waals surface area (Å²) in [6.07, 6.45) is 9.30. The lowest BCUT2D eigenvalue weighted by atomic mass is 10.0. The fraction of sp³-hybridized carbons (Fsp3) is 0.258. The predicted octanol–water partition coefficient (Wildman–Crippen LogP) is 5.56. The van der Waals surface area contributed by atoms with Gasteiger partial charge in [-0.25, -0.2) is 19.7 Å². The summed E-state index contributed by atoms with van der Waals surface area (Å²) >= 11 is 0. The Labute approximate surface area is 235 Å². The second kappa shape index (κ2) is 12.7. The number of aromatic nitrogens is 4. The predicted molar refractivity (Wildman–Crippen MR) is 157 cm³/mol. The first-order chi connectivity index (χ1) is 19.2. The monoisotopic (exact) mass is 535 g/mol. The van der Waals surface area contributed by atoms with E-state index >= 15 is 0 Å². The number of rotatable bonds is 9. The van der Waals surface area contributed by atoms with Gasteiger partial charge in [0.05, 0.1) is 0 Å². The highest BCUT2D eigenvalue weighted by molar-refractivity contribution is 5.69. The van der Waals surface area contributed by atoms with Crippen LogP contribution >= 0.6 is 0 Å². The summed E-state index contributed by atoms with van der Waals surface area (Å²) in [7, 11) is 1.91. The zero-order valence-corrected chi connectivity index (χ0v) is 23.1. The molecule has 9 nitrogen and oxygen atoms in total. The summed E-state index contributed by atoms with van der Waals surface area (Å²) in [6, 6.07) is 20.8. The number of carbonyl (C=O) groups is 1. The van der Waals surface area contributed by atoms with E-state index in [9.17, 15) is 4.79 Å². The molecular formula is C31H33N7O2. The number of ether oxygens (including phenoxy) is 1. The van der Waals surface area contributed by atoms with Gasteiger partial charge < -0.3 is 20.3 Å². The number of amides is 1. The van der Waals surface area contributed by atoms with Crippen molar-refractivity contribution < 1.29 is 9.53 Å². The molecule has 40 heavy (non-hydrogen) atoms. The van der Waals surface area contributed by atoms with Crippen LogP contribution in [-0.4, -0.2) is 45.2 Å². The van der Waals surface area contributed by atoms with Crippen LogP contribution in [0.5, 0.6) is 0 Å². The highest BCUT2D eigenvalue weighted by atomic mass is 16.6. The van der Waals surface area contributed by atoms with Crippen LogP contribution in [0.4, 0.5) is 22.4 Å². The summed E-state index contributed by atoms with van der Waals surface area (Å²) in [6.45, 7) is 6.05. The lowest BCUT2D eigenvalue weighted by molar-refractivity contribution is 0.0516. The van der Waals surface area contributed by atoms with Crippen LogP contribution < -0.4 is 15.5 Å². The van der Waals surface area contributed by atoms with E-state index in [2.05, 4.69) is 31.5 Å². The van der Waals surface area contributed by atoms with Crippen molar-refractivity contribution in [2.24, 2.45) is 0 Å². The van der Waals surface area contributed by atoms with Crippen LogP contribution in [-0.2, 0) is 11.2 Å². The Kier molecular flexibility index (Phi) is 8.92. The van der Waals surface area contributed by atoms with E-state index in [0.29, 0.717) is 24.1 Å². The molecule has 4 rings (SSSR count). The van der Waals surface area contributed by atoms with Crippen molar-refractivity contribution in [2.75, 3.05) is 23.8 Å². The second-order valence-corrected chi connectivity index (χ2v) is 10.1. The molecule has 4 aromatic rings. The van der Waals surface area contributed by atoms with Crippen molar-refractivity contribution in [1.82, 2.24) is 25.3 Å². The minimum atomic E-state index is -0.597. The molecule has 1 atom stereocenters. The molecule has 2 N–H and O–H groups in total. The van der Waals surface area contributed by atoms with Crippen LogP contribution in [0, 0.1) is 12.3 Å². The standard InChI is InChI=1S/C31H33N7O2/c1-6-25(35-30(39)40-31(2,3)4)23-14-12-22(13-15-23)16-19-33-29-34-21-18-27(37-29)38(5)26-17-20-32-28(36-26)24-10-8-7-9-11-24/h1,7-15,17-18,20-21,25H,16,19H2,2-5H3,(H,35,39)(H,33,34,37)/t25-/m0/s1. The topological polar surface area (TPSA) is 105 Å². The molecular weight excluding hydrogens is 502 g/mol. The summed E-state index contributed by atoms with van der Waals surface area (Å²) < 4.78 is 5.31. The molecule has 1 amide bonds. The van der Waals surface area contributed by atoms with E-state index in [0.717, 1.165) is 28.9 Å². The van der Waals surface area contributed by atoms with E-state index in [1.54, 1.807) is 33.2 Å². The Balaban J connectivity index is 1.33. The molecule has 0 aliphatic rings. The number of terminal acetylenes is 1. The van der Waals surface area contributed by atoms with Crippen molar-refractivity contribution in [3.8, 4) is 23.7 Å². The average Bonchev–Trinajstić information content (AvgIpc) is 2.96. The first kappa shape index (κ1) is 28.0. The van der Waals surface area contributed by atoms with Crippen LogP contribution in [0.15, 0.2) is 79.1 Å². The van der Waals surface area contributed by atoms with E-state index in [4.69, 9.17) is 16.1 Å². The van der Waals surface area contributed by atoms with Gasteiger partial charge in [0.1, 0.15) is 23.3 Å². The molecule has 0 bridgehead atoms. The third kappa shape index (κ3) is 7.77. The quantitative estimate of drug-likeness (QED) is 0.269. The Morgan fingerprint density at radius 3 is 2.33 bits per heavy atom. The largest absolute Gasteiger partial charge is 0.444 e. The SMILES string of the molecule is C#C[C@H](NC(=O)OC(C)(C)C)c1ccc(CCNc2nccc(N(C)c3ccnc(-c4ccccc4)n3)n2)cc1. The van der Waals surface area contributed by atoms with E-state index in [1.807, 2.05) is 78.7 Å². The molecule has 0 aliphatic heterocycles. The van der Waals surface area contributed by atoms with Gasteiger partial charge >= 0.3 is 6.09 Å². The molecule has 0 aliphatic carbocycles. The highest BCUT2D eigenvalue weighted by Crippen LogP contribution is 2.23. The maximum atomic E-state index is 12.1. The molecule has 2 heterocycles. The van der Waals surface area contributed by atoms with Crippen molar-refractivity contribution in [3.05, 3.63) is 90.3 Å². The number of carbonyl (C=O) groups excluding carboxylic acids is 1. The van der Waals surface area contributed by atoms with Crippen molar-refractivity contribution >= 4 is 23.7 Å². The van der Waals surface area contributed by atoms with Gasteiger partial charge in [-0.15, -0.1) is 6.42 Å². The van der Waals surface area contributed by atoms with Gasteiger partial charge in [-0.1, -0.05) is 60.5 Å². The van der Waals surface area contributed by atoms with Crippen LogP contribution in [0.3, 0.4) is 0 Å². The van der Waals surface area contributed by atoms with Gasteiger partial charge in [-0.05, 0) is 50.5 Å². The van der Waals surface area contributed by atoms with E-state index in [-0.39, 0.29) is 0 Å². The van der Waals surface area contributed by atoms with Gasteiger partial charge in [0, 0.05) is 31.5 Å². The zero-order valence-electron chi connectivity index (χ0n) is 23.1. The number of nitrogens with zero attached hydrogens (tertiary/aromatic N) is 5. The van der Waals surface area contributed by atoms with Crippen LogP contribution in [0.2, 0.25) is 0 Å². The lowest BCUT2D eigenvalue weighted by Crippen LogP contribution is -2.34. The molecule has 204 valence electrons. The molecule has 0 unspecified atom stereocenters. The highest BCUT2D eigenvalue weighted by Gasteiger charge is 2.19. The van der Waals surface area contributed by atoms with Crippen molar-refractivity contribution in [1.29, 1.82) is 0 Å². The van der Waals surface area contributed by atoms with Gasteiger partial charge in [0.25, 0.3) is 0 Å². The summed E-state index contributed by atoms with van der Waals surface area (Å²) in [4.78, 5) is 32.1. The third-order valence-corrected chi connectivity index (χ3v) is 5.84. The number of nitrogens with one attached hydrogen (secondary N) is 2. The molecule has 2 aromatic carbocycles. The van der Waals surface area contributed by atoms with E-state index in [1.165, 1.54) is 0 Å². The van der Waals surface area contributed by atoms with E-state index < -0.39 is 17.7 Å². The number of hydrogen-bond acceptors (Lipinski definition) is 8. The summed E-state index contributed by atoms with van der Waals surface area (Å²) in [5, 5.41) is 6.01. The molecule has 0 saturated heterocycles. The average molecular weight is 536 g/mol. The number of alkyl carbamates (subject to hydrolysis) is 1. The second-order valence-electron chi connectivity index (χ2n) is 10.1. The molecule has 0 spiro atoms. The van der Waals surface area contributed by atoms with Crippen LogP contribution in [0.1, 0.15) is 37.9 Å². The maximum Gasteiger partial charge on any atom is 0.408 e. The summed E-state index contributed by atoms with van der Waals surface area (Å²) in [5.41, 5.74) is 2.27. The first-order valence-electron chi connectivity index (χ1n) is 13.0. The van der Waals surface area contributed by atoms with Gasteiger partial charge in [0.15, 0.2) is 5.82 Å². The zero-order chi connectivity index (χ0) is 28.5. The molecule has 0 fully saturated rings. The normalized spacial score (nSPS) is 11.7. The fourth-order valence-corrected chi connectivity index (χ4v) is 3.84. The Morgan fingerprint density at radius 1 is 0.975 bits per heavy atom. The van der Waals surface area contributed by atoms with Crippen molar-refractivity contribution in [2.45, 2.75) is 38.8 Å². The molecule has 0 radical (unpaired) electrons.